The van der Waals surface area contributed by atoms with E-state index in [0.717, 1.165) is 77.0 Å². The first-order valence-corrected chi connectivity index (χ1v) is 28.6. The standard InChI is InChI=1S/C60H108O6/c1-4-7-10-13-16-19-22-24-26-28-29-30-31-33-34-36-38-41-44-47-50-53-59(62)65-56-57(55-64-58(61)52-49-46-43-40-21-18-15-12-9-6-3)66-60(63)54-51-48-45-42-39-37-35-32-27-25-23-20-17-14-11-8-5-2/h12,15,22,24-25,27-29,57H,4-11,13-14,16-21,23,26,30-56H2,1-3H3/b15-12-,24-22-,27-25-,29-28-. The summed E-state index contributed by atoms with van der Waals surface area (Å²) in [6.45, 7) is 6.57. The van der Waals surface area contributed by atoms with Gasteiger partial charge in [-0.15, -0.1) is 0 Å². The van der Waals surface area contributed by atoms with Crippen LogP contribution >= 0.6 is 0 Å². The first kappa shape index (κ1) is 63.4. The third-order valence-electron chi connectivity index (χ3n) is 12.5. The van der Waals surface area contributed by atoms with Gasteiger partial charge in [0.25, 0.3) is 0 Å². The molecule has 0 heterocycles. The van der Waals surface area contributed by atoms with Crippen molar-refractivity contribution in [2.24, 2.45) is 0 Å². The molecule has 0 fully saturated rings. The lowest BCUT2D eigenvalue weighted by molar-refractivity contribution is -0.167. The lowest BCUT2D eigenvalue weighted by atomic mass is 10.1. The second kappa shape index (κ2) is 55.0. The second-order valence-corrected chi connectivity index (χ2v) is 19.2. The average Bonchev–Trinajstić information content (AvgIpc) is 3.31. The van der Waals surface area contributed by atoms with E-state index < -0.39 is 6.10 Å². The number of hydrogen-bond donors (Lipinski definition) is 0. The van der Waals surface area contributed by atoms with E-state index in [1.54, 1.807) is 0 Å². The Morgan fingerprint density at radius 1 is 0.303 bits per heavy atom. The zero-order valence-electron chi connectivity index (χ0n) is 44.0. The summed E-state index contributed by atoms with van der Waals surface area (Å²) in [7, 11) is 0. The summed E-state index contributed by atoms with van der Waals surface area (Å²) in [5.74, 6) is -0.887. The fourth-order valence-electron chi connectivity index (χ4n) is 8.18. The molecular formula is C60H108O6. The molecular weight excluding hydrogens is 817 g/mol. The van der Waals surface area contributed by atoms with Crippen molar-refractivity contribution in [1.82, 2.24) is 0 Å². The minimum Gasteiger partial charge on any atom is -0.462 e. The van der Waals surface area contributed by atoms with Crippen molar-refractivity contribution < 1.29 is 28.6 Å². The quantitative estimate of drug-likeness (QED) is 0.0262. The number of esters is 3. The van der Waals surface area contributed by atoms with Crippen molar-refractivity contribution in [2.45, 2.75) is 303 Å². The third kappa shape index (κ3) is 52.3. The summed E-state index contributed by atoms with van der Waals surface area (Å²) in [6, 6.07) is 0. The molecule has 0 spiro atoms. The van der Waals surface area contributed by atoms with E-state index >= 15 is 0 Å². The predicted octanol–water partition coefficient (Wildman–Crippen LogP) is 19.0. The van der Waals surface area contributed by atoms with Crippen LogP contribution in [0.15, 0.2) is 48.6 Å². The fraction of sp³-hybridized carbons (Fsp3) is 0.817. The molecule has 0 aromatic carbocycles. The van der Waals surface area contributed by atoms with E-state index in [1.165, 1.54) is 180 Å². The topological polar surface area (TPSA) is 78.9 Å². The number of unbranched alkanes of at least 4 members (excludes halogenated alkanes) is 33. The number of carbonyl (C=O) groups excluding carboxylic acids is 3. The zero-order chi connectivity index (χ0) is 47.9. The molecule has 0 saturated heterocycles. The second-order valence-electron chi connectivity index (χ2n) is 19.2. The Morgan fingerprint density at radius 2 is 0.576 bits per heavy atom. The third-order valence-corrected chi connectivity index (χ3v) is 12.5. The smallest absolute Gasteiger partial charge is 0.306 e. The maximum atomic E-state index is 12.8. The van der Waals surface area contributed by atoms with Gasteiger partial charge >= 0.3 is 17.9 Å². The van der Waals surface area contributed by atoms with E-state index in [1.807, 2.05) is 0 Å². The molecule has 384 valence electrons. The van der Waals surface area contributed by atoms with Gasteiger partial charge in [0.2, 0.25) is 0 Å². The lowest BCUT2D eigenvalue weighted by Crippen LogP contribution is -2.30. The van der Waals surface area contributed by atoms with Gasteiger partial charge in [0.1, 0.15) is 13.2 Å². The molecule has 6 nitrogen and oxygen atoms in total. The maximum absolute atomic E-state index is 12.8. The largest absolute Gasteiger partial charge is 0.462 e. The number of ether oxygens (including phenoxy) is 3. The average molecular weight is 926 g/mol. The van der Waals surface area contributed by atoms with Crippen LogP contribution in [0.2, 0.25) is 0 Å². The minimum atomic E-state index is -0.779. The van der Waals surface area contributed by atoms with Crippen LogP contribution in [0.5, 0.6) is 0 Å². The summed E-state index contributed by atoms with van der Waals surface area (Å²) >= 11 is 0. The number of allylic oxidation sites excluding steroid dienone is 8. The Labute approximate surface area is 409 Å². The van der Waals surface area contributed by atoms with Gasteiger partial charge in [0, 0.05) is 19.3 Å². The zero-order valence-corrected chi connectivity index (χ0v) is 44.0. The van der Waals surface area contributed by atoms with Crippen LogP contribution in [0.4, 0.5) is 0 Å². The van der Waals surface area contributed by atoms with E-state index in [0.29, 0.717) is 19.3 Å². The molecule has 1 atom stereocenters. The molecule has 6 heteroatoms. The monoisotopic (exact) mass is 925 g/mol. The Kier molecular flexibility index (Phi) is 52.8. The molecule has 0 saturated carbocycles. The summed E-state index contributed by atoms with van der Waals surface area (Å²) in [5, 5.41) is 0. The molecule has 0 aromatic rings. The number of rotatable bonds is 52. The van der Waals surface area contributed by atoms with Crippen molar-refractivity contribution in [3.8, 4) is 0 Å². The van der Waals surface area contributed by atoms with E-state index in [-0.39, 0.29) is 31.1 Å². The molecule has 0 aliphatic heterocycles. The Morgan fingerprint density at radius 3 is 0.909 bits per heavy atom. The van der Waals surface area contributed by atoms with Crippen molar-refractivity contribution in [3.63, 3.8) is 0 Å². The van der Waals surface area contributed by atoms with Crippen molar-refractivity contribution in [3.05, 3.63) is 48.6 Å². The van der Waals surface area contributed by atoms with Crippen LogP contribution < -0.4 is 0 Å². The van der Waals surface area contributed by atoms with Crippen LogP contribution in [-0.4, -0.2) is 37.2 Å². The molecule has 0 aliphatic rings. The van der Waals surface area contributed by atoms with Crippen molar-refractivity contribution in [1.29, 1.82) is 0 Å². The predicted molar refractivity (Wildman–Crippen MR) is 284 cm³/mol. The van der Waals surface area contributed by atoms with Crippen LogP contribution in [-0.2, 0) is 28.6 Å². The lowest BCUT2D eigenvalue weighted by Gasteiger charge is -2.18. The summed E-state index contributed by atoms with van der Waals surface area (Å²) in [5.41, 5.74) is 0. The van der Waals surface area contributed by atoms with Gasteiger partial charge in [0.15, 0.2) is 6.10 Å². The van der Waals surface area contributed by atoms with Crippen LogP contribution in [0, 0.1) is 0 Å². The Bertz CT molecular complexity index is 1150. The maximum Gasteiger partial charge on any atom is 0.306 e. The highest BCUT2D eigenvalue weighted by Gasteiger charge is 2.19. The summed E-state index contributed by atoms with van der Waals surface area (Å²) in [4.78, 5) is 38.1. The van der Waals surface area contributed by atoms with Crippen molar-refractivity contribution >= 4 is 17.9 Å². The van der Waals surface area contributed by atoms with Gasteiger partial charge in [-0.3, -0.25) is 14.4 Å². The van der Waals surface area contributed by atoms with Gasteiger partial charge in [-0.25, -0.2) is 0 Å². The van der Waals surface area contributed by atoms with E-state index in [4.69, 9.17) is 14.2 Å². The number of hydrogen-bond acceptors (Lipinski definition) is 6. The minimum absolute atomic E-state index is 0.0785. The normalized spacial score (nSPS) is 12.3. The van der Waals surface area contributed by atoms with Gasteiger partial charge in [-0.2, -0.15) is 0 Å². The first-order chi connectivity index (χ1) is 32.5. The van der Waals surface area contributed by atoms with Crippen LogP contribution in [0.25, 0.3) is 0 Å². The summed E-state index contributed by atoms with van der Waals surface area (Å²) < 4.78 is 16.8. The Balaban J connectivity index is 4.29. The summed E-state index contributed by atoms with van der Waals surface area (Å²) in [6.07, 6.45) is 66.8. The molecule has 0 aliphatic carbocycles. The highest BCUT2D eigenvalue weighted by Crippen LogP contribution is 2.15. The van der Waals surface area contributed by atoms with E-state index in [2.05, 4.69) is 69.4 Å². The number of carbonyl (C=O) groups is 3. The van der Waals surface area contributed by atoms with Crippen LogP contribution in [0.3, 0.4) is 0 Å². The van der Waals surface area contributed by atoms with Crippen LogP contribution in [0.1, 0.15) is 297 Å². The highest BCUT2D eigenvalue weighted by atomic mass is 16.6. The van der Waals surface area contributed by atoms with Gasteiger partial charge < -0.3 is 14.2 Å². The Hall–Kier alpha value is -2.63. The molecule has 0 radical (unpaired) electrons. The van der Waals surface area contributed by atoms with Gasteiger partial charge in [0.05, 0.1) is 0 Å². The molecule has 0 N–H and O–H groups in total. The first-order valence-electron chi connectivity index (χ1n) is 28.6. The molecule has 0 aromatic heterocycles. The molecule has 66 heavy (non-hydrogen) atoms. The van der Waals surface area contributed by atoms with Gasteiger partial charge in [-0.1, -0.05) is 230 Å². The molecule has 0 bridgehead atoms. The molecule has 1 unspecified atom stereocenters. The molecule has 0 amide bonds. The van der Waals surface area contributed by atoms with E-state index in [9.17, 15) is 14.4 Å². The fourth-order valence-corrected chi connectivity index (χ4v) is 8.18. The SMILES string of the molecule is CCC/C=C\CCCCCCCC(=O)OCC(COC(=O)CCCCCCCCCCC/C=C\C/C=C\CCCCCCC)OC(=O)CCCCCCCCC/C=C\CCCCCCCC. The van der Waals surface area contributed by atoms with Crippen molar-refractivity contribution in [2.75, 3.05) is 13.2 Å². The highest BCUT2D eigenvalue weighted by molar-refractivity contribution is 5.71. The molecule has 0 rings (SSSR count). The van der Waals surface area contributed by atoms with Gasteiger partial charge in [-0.05, 0) is 96.3 Å².